The van der Waals surface area contributed by atoms with Gasteiger partial charge in [0.25, 0.3) is 0 Å². The van der Waals surface area contributed by atoms with Crippen LogP contribution < -0.4 is 0 Å². The molecule has 0 heterocycles. The van der Waals surface area contributed by atoms with Crippen LogP contribution in [0.5, 0.6) is 0 Å². The molecule has 72 valence electrons. The van der Waals surface area contributed by atoms with Crippen molar-refractivity contribution in [3.8, 4) is 0 Å². The number of carbonyl (C=O) groups is 1. The van der Waals surface area contributed by atoms with Crippen molar-refractivity contribution in [3.05, 3.63) is 35.9 Å². The molecule has 1 atom stereocenters. The zero-order chi connectivity index (χ0) is 10.3. The molecule has 0 saturated heterocycles. The Morgan fingerprint density at radius 2 is 1.77 bits per heavy atom. The fourth-order valence-electron chi connectivity index (χ4n) is 0.765. The lowest BCUT2D eigenvalue weighted by atomic mass is 10.2. The van der Waals surface area contributed by atoms with Crippen LogP contribution in [0.15, 0.2) is 30.3 Å². The summed E-state index contributed by atoms with van der Waals surface area (Å²) in [6.07, 6.45) is 0. The maximum Gasteiger partial charge on any atom is 0.321 e. The number of carboxylic acids is 1. The van der Waals surface area contributed by atoms with Gasteiger partial charge in [0, 0.05) is 0 Å². The molecule has 0 aliphatic heterocycles. The van der Waals surface area contributed by atoms with Gasteiger partial charge in [-0.3, -0.25) is 4.79 Å². The largest absolute Gasteiger partial charge is 0.480 e. The number of halogens is 1. The third kappa shape index (κ3) is 4.08. The van der Waals surface area contributed by atoms with Crippen LogP contribution in [0.25, 0.3) is 0 Å². The van der Waals surface area contributed by atoms with Crippen LogP contribution >= 0.6 is 15.9 Å². The van der Waals surface area contributed by atoms with E-state index < -0.39 is 10.8 Å². The van der Waals surface area contributed by atoms with E-state index in [1.165, 1.54) is 0 Å². The van der Waals surface area contributed by atoms with E-state index in [0.29, 0.717) is 0 Å². The summed E-state index contributed by atoms with van der Waals surface area (Å²) in [5.74, 6) is -0.865. The van der Waals surface area contributed by atoms with Crippen LogP contribution in [0.2, 0.25) is 0 Å². The Bertz CT molecular complexity index is 246. The lowest BCUT2D eigenvalue weighted by Crippen LogP contribution is -2.03. The second-order valence-electron chi connectivity index (χ2n) is 2.11. The topological polar surface area (TPSA) is 37.3 Å². The van der Waals surface area contributed by atoms with Crippen LogP contribution in [0.4, 0.5) is 0 Å². The molecule has 1 aromatic carbocycles. The molecule has 3 heteroatoms. The highest BCUT2D eigenvalue weighted by Gasteiger charge is 2.13. The highest BCUT2D eigenvalue weighted by molar-refractivity contribution is 9.09. The molecule has 1 aromatic rings. The van der Waals surface area contributed by atoms with Gasteiger partial charge in [-0.15, -0.1) is 0 Å². The monoisotopic (exact) mass is 244 g/mol. The number of hydrogen-bond acceptors (Lipinski definition) is 1. The van der Waals surface area contributed by atoms with Gasteiger partial charge in [-0.1, -0.05) is 60.1 Å². The Kier molecular flexibility index (Phi) is 6.24. The number of aliphatic carboxylic acids is 1. The Morgan fingerprint density at radius 3 is 2.15 bits per heavy atom. The third-order valence-electron chi connectivity index (χ3n) is 1.31. The molecule has 0 spiro atoms. The first-order valence-electron chi connectivity index (χ1n) is 4.13. The lowest BCUT2D eigenvalue weighted by molar-refractivity contribution is -0.136. The molecule has 0 aliphatic rings. The van der Waals surface area contributed by atoms with Crippen molar-refractivity contribution in [2.75, 3.05) is 0 Å². The summed E-state index contributed by atoms with van der Waals surface area (Å²) >= 11 is 3.05. The summed E-state index contributed by atoms with van der Waals surface area (Å²) in [6.45, 7) is 4.00. The maximum absolute atomic E-state index is 10.5. The SMILES string of the molecule is CC.O=C(O)C(Br)c1ccccc1. The van der Waals surface area contributed by atoms with E-state index in [1.807, 2.05) is 32.0 Å². The first-order chi connectivity index (χ1) is 6.22. The normalized spacial score (nSPS) is 11.0. The minimum absolute atomic E-state index is 0.594. The molecular formula is C10H13BrO2. The molecule has 1 unspecified atom stereocenters. The molecule has 0 aromatic heterocycles. The Morgan fingerprint density at radius 1 is 1.31 bits per heavy atom. The number of hydrogen-bond donors (Lipinski definition) is 1. The van der Waals surface area contributed by atoms with Gasteiger partial charge in [0.15, 0.2) is 0 Å². The molecule has 1 N–H and O–H groups in total. The minimum atomic E-state index is -0.865. The number of benzene rings is 1. The fraction of sp³-hybridized carbons (Fsp3) is 0.300. The Hall–Kier alpha value is -0.830. The average Bonchev–Trinajstić information content (AvgIpc) is 2.21. The van der Waals surface area contributed by atoms with Gasteiger partial charge in [-0.25, -0.2) is 0 Å². The van der Waals surface area contributed by atoms with Crippen LogP contribution in [0, 0.1) is 0 Å². The summed E-state index contributed by atoms with van der Waals surface area (Å²) in [5, 5.41) is 8.59. The molecule has 2 nitrogen and oxygen atoms in total. The van der Waals surface area contributed by atoms with Crippen LogP contribution in [0.1, 0.15) is 24.2 Å². The number of alkyl halides is 1. The van der Waals surface area contributed by atoms with Gasteiger partial charge in [0.05, 0.1) is 0 Å². The van der Waals surface area contributed by atoms with E-state index >= 15 is 0 Å². The Balaban J connectivity index is 0.000000671. The molecule has 0 bridgehead atoms. The lowest BCUT2D eigenvalue weighted by Gasteiger charge is -2.02. The van der Waals surface area contributed by atoms with Crippen molar-refractivity contribution >= 4 is 21.9 Å². The van der Waals surface area contributed by atoms with Crippen LogP contribution in [-0.4, -0.2) is 11.1 Å². The van der Waals surface area contributed by atoms with Gasteiger partial charge < -0.3 is 5.11 Å². The molecule has 13 heavy (non-hydrogen) atoms. The van der Waals surface area contributed by atoms with Crippen molar-refractivity contribution in [2.24, 2.45) is 0 Å². The van der Waals surface area contributed by atoms with E-state index in [1.54, 1.807) is 12.1 Å². The summed E-state index contributed by atoms with van der Waals surface area (Å²) in [5.41, 5.74) is 0.764. The fourth-order valence-corrected chi connectivity index (χ4v) is 1.07. The van der Waals surface area contributed by atoms with Crippen molar-refractivity contribution in [1.82, 2.24) is 0 Å². The third-order valence-corrected chi connectivity index (χ3v) is 2.23. The van der Waals surface area contributed by atoms with Crippen molar-refractivity contribution < 1.29 is 9.90 Å². The molecule has 1 rings (SSSR count). The van der Waals surface area contributed by atoms with Gasteiger partial charge in [0.1, 0.15) is 4.83 Å². The smallest absolute Gasteiger partial charge is 0.321 e. The predicted octanol–water partition coefficient (Wildman–Crippen LogP) is 3.23. The predicted molar refractivity (Wildman–Crippen MR) is 57.1 cm³/mol. The first-order valence-corrected chi connectivity index (χ1v) is 5.05. The second kappa shape index (κ2) is 6.66. The van der Waals surface area contributed by atoms with Gasteiger partial charge in [0.2, 0.25) is 0 Å². The molecule has 0 aliphatic carbocycles. The van der Waals surface area contributed by atoms with Gasteiger partial charge >= 0.3 is 5.97 Å². The molecule has 0 amide bonds. The zero-order valence-corrected chi connectivity index (χ0v) is 9.28. The molecular weight excluding hydrogens is 232 g/mol. The molecule has 0 saturated carbocycles. The van der Waals surface area contributed by atoms with E-state index in [4.69, 9.17) is 5.11 Å². The van der Waals surface area contributed by atoms with E-state index in [0.717, 1.165) is 5.56 Å². The molecule has 0 fully saturated rings. The summed E-state index contributed by atoms with van der Waals surface area (Å²) in [4.78, 5) is 9.86. The van der Waals surface area contributed by atoms with Crippen LogP contribution in [0.3, 0.4) is 0 Å². The Labute approximate surface area is 86.7 Å². The summed E-state index contributed by atoms with van der Waals surface area (Å²) in [6, 6.07) is 9.02. The van der Waals surface area contributed by atoms with Crippen molar-refractivity contribution in [1.29, 1.82) is 0 Å². The minimum Gasteiger partial charge on any atom is -0.480 e. The summed E-state index contributed by atoms with van der Waals surface area (Å²) < 4.78 is 0. The van der Waals surface area contributed by atoms with Crippen molar-refractivity contribution in [2.45, 2.75) is 18.7 Å². The quantitative estimate of drug-likeness (QED) is 0.812. The highest BCUT2D eigenvalue weighted by Crippen LogP contribution is 2.21. The van der Waals surface area contributed by atoms with Gasteiger partial charge in [-0.2, -0.15) is 0 Å². The maximum atomic E-state index is 10.5. The zero-order valence-electron chi connectivity index (χ0n) is 7.70. The number of carboxylic acid groups (broad SMARTS) is 1. The molecule has 0 radical (unpaired) electrons. The van der Waals surface area contributed by atoms with Crippen molar-refractivity contribution in [3.63, 3.8) is 0 Å². The van der Waals surface area contributed by atoms with E-state index in [9.17, 15) is 4.79 Å². The average molecular weight is 245 g/mol. The van der Waals surface area contributed by atoms with Crippen LogP contribution in [-0.2, 0) is 4.79 Å². The first kappa shape index (κ1) is 12.2. The second-order valence-corrected chi connectivity index (χ2v) is 3.03. The standard InChI is InChI=1S/C8H7BrO2.C2H6/c9-7(8(10)11)6-4-2-1-3-5-6;1-2/h1-5,7H,(H,10,11);1-2H3. The van der Waals surface area contributed by atoms with E-state index in [-0.39, 0.29) is 0 Å². The van der Waals surface area contributed by atoms with Gasteiger partial charge in [-0.05, 0) is 5.56 Å². The highest BCUT2D eigenvalue weighted by atomic mass is 79.9. The number of rotatable bonds is 2. The van der Waals surface area contributed by atoms with E-state index in [2.05, 4.69) is 15.9 Å². The summed E-state index contributed by atoms with van der Waals surface area (Å²) in [7, 11) is 0.